The van der Waals surface area contributed by atoms with Gasteiger partial charge in [0, 0.05) is 12.6 Å². The Morgan fingerprint density at radius 3 is 2.65 bits per heavy atom. The first kappa shape index (κ1) is 15.1. The molecule has 1 aliphatic carbocycles. The molecular weight excluding hydrogens is 252 g/mol. The van der Waals surface area contributed by atoms with Crippen molar-refractivity contribution in [1.82, 2.24) is 4.90 Å². The molecule has 0 spiro atoms. The molecule has 0 aromatic carbocycles. The number of carbonyl (C=O) groups is 1. The zero-order valence-corrected chi connectivity index (χ0v) is 12.6. The van der Waals surface area contributed by atoms with Gasteiger partial charge in [-0.2, -0.15) is 0 Å². The van der Waals surface area contributed by atoms with Gasteiger partial charge in [0.1, 0.15) is 5.76 Å². The van der Waals surface area contributed by atoms with E-state index in [1.54, 1.807) is 12.1 Å². The number of carbonyl (C=O) groups excluding carboxylic acids is 1. The fraction of sp³-hybridized carbons (Fsp3) is 0.688. The van der Waals surface area contributed by atoms with E-state index in [-0.39, 0.29) is 5.91 Å². The van der Waals surface area contributed by atoms with Gasteiger partial charge in [-0.3, -0.25) is 4.79 Å². The fourth-order valence-corrected chi connectivity index (χ4v) is 2.81. The highest BCUT2D eigenvalue weighted by molar-refractivity contribution is 5.91. The summed E-state index contributed by atoms with van der Waals surface area (Å²) in [5.41, 5.74) is 5.54. The Morgan fingerprint density at radius 1 is 1.40 bits per heavy atom. The Morgan fingerprint density at radius 2 is 2.10 bits per heavy atom. The summed E-state index contributed by atoms with van der Waals surface area (Å²) in [7, 11) is 0. The van der Waals surface area contributed by atoms with Crippen LogP contribution < -0.4 is 5.73 Å². The van der Waals surface area contributed by atoms with Gasteiger partial charge in [0.05, 0.1) is 6.54 Å². The van der Waals surface area contributed by atoms with Crippen molar-refractivity contribution in [2.45, 2.75) is 58.5 Å². The van der Waals surface area contributed by atoms with Crippen LogP contribution in [0.3, 0.4) is 0 Å². The summed E-state index contributed by atoms with van der Waals surface area (Å²) < 4.78 is 5.53. The molecule has 1 fully saturated rings. The molecule has 0 radical (unpaired) electrons. The van der Waals surface area contributed by atoms with Crippen molar-refractivity contribution in [3.63, 3.8) is 0 Å². The van der Waals surface area contributed by atoms with Crippen LogP contribution in [0.15, 0.2) is 16.5 Å². The molecule has 0 aliphatic heterocycles. The number of hydrogen-bond acceptors (Lipinski definition) is 3. The van der Waals surface area contributed by atoms with Crippen molar-refractivity contribution < 1.29 is 9.21 Å². The monoisotopic (exact) mass is 278 g/mol. The first-order valence-electron chi connectivity index (χ1n) is 7.71. The summed E-state index contributed by atoms with van der Waals surface area (Å²) in [6, 6.07) is 3.93. The second-order valence-electron chi connectivity index (χ2n) is 6.09. The lowest BCUT2D eigenvalue weighted by molar-refractivity contribution is 0.0637. The number of nitrogens with zero attached hydrogens (tertiary/aromatic N) is 1. The lowest BCUT2D eigenvalue weighted by Gasteiger charge is -2.29. The highest BCUT2D eigenvalue weighted by atomic mass is 16.4. The normalized spacial score (nSPS) is 16.0. The summed E-state index contributed by atoms with van der Waals surface area (Å²) >= 11 is 0. The fourth-order valence-electron chi connectivity index (χ4n) is 2.81. The minimum Gasteiger partial charge on any atom is -0.455 e. The molecule has 0 atom stereocenters. The van der Waals surface area contributed by atoms with E-state index in [0.29, 0.717) is 30.0 Å². The summed E-state index contributed by atoms with van der Waals surface area (Å²) in [4.78, 5) is 14.7. The van der Waals surface area contributed by atoms with Crippen LogP contribution in [-0.2, 0) is 6.54 Å². The Kier molecular flexibility index (Phi) is 5.24. The lowest BCUT2D eigenvalue weighted by atomic mass is 10.1. The second-order valence-corrected chi connectivity index (χ2v) is 6.09. The molecule has 0 bridgehead atoms. The van der Waals surface area contributed by atoms with Crippen molar-refractivity contribution in [1.29, 1.82) is 0 Å². The number of furan rings is 1. The third-order valence-electron chi connectivity index (χ3n) is 4.05. The van der Waals surface area contributed by atoms with E-state index in [9.17, 15) is 4.79 Å². The van der Waals surface area contributed by atoms with Crippen LogP contribution in [0.2, 0.25) is 0 Å². The molecule has 1 aliphatic rings. The van der Waals surface area contributed by atoms with Gasteiger partial charge < -0.3 is 15.1 Å². The van der Waals surface area contributed by atoms with Crippen LogP contribution >= 0.6 is 0 Å². The van der Waals surface area contributed by atoms with Gasteiger partial charge in [-0.1, -0.05) is 26.7 Å². The highest BCUT2D eigenvalue weighted by Crippen LogP contribution is 2.26. The Bertz CT molecular complexity index is 433. The van der Waals surface area contributed by atoms with Crippen LogP contribution in [0, 0.1) is 5.92 Å². The van der Waals surface area contributed by atoms with Crippen LogP contribution in [0.5, 0.6) is 0 Å². The molecule has 1 aromatic heterocycles. The standard InChI is InChI=1S/C16H26N2O2/c1-12(2)9-10-18(13-5-3-4-6-13)16(19)15-8-7-14(11-17)20-15/h7-8,12-13H,3-6,9-11,17H2,1-2H3. The van der Waals surface area contributed by atoms with Crippen molar-refractivity contribution in [2.24, 2.45) is 11.7 Å². The number of hydrogen-bond donors (Lipinski definition) is 1. The third-order valence-corrected chi connectivity index (χ3v) is 4.05. The Hall–Kier alpha value is -1.29. The Balaban J connectivity index is 2.09. The van der Waals surface area contributed by atoms with Gasteiger partial charge in [-0.05, 0) is 37.3 Å². The SMILES string of the molecule is CC(C)CCN(C(=O)c1ccc(CN)o1)C1CCCC1. The van der Waals surface area contributed by atoms with E-state index in [1.807, 2.05) is 4.90 Å². The van der Waals surface area contributed by atoms with Gasteiger partial charge in [-0.15, -0.1) is 0 Å². The van der Waals surface area contributed by atoms with Gasteiger partial charge in [-0.25, -0.2) is 0 Å². The van der Waals surface area contributed by atoms with E-state index in [4.69, 9.17) is 10.2 Å². The third kappa shape index (κ3) is 3.63. The van der Waals surface area contributed by atoms with Crippen LogP contribution in [-0.4, -0.2) is 23.4 Å². The maximum absolute atomic E-state index is 12.7. The molecule has 1 heterocycles. The second kappa shape index (κ2) is 6.93. The van der Waals surface area contributed by atoms with Crippen LogP contribution in [0.25, 0.3) is 0 Å². The first-order valence-corrected chi connectivity index (χ1v) is 7.71. The lowest BCUT2D eigenvalue weighted by Crippen LogP contribution is -2.39. The molecule has 1 amide bonds. The van der Waals surface area contributed by atoms with Gasteiger partial charge in [0.2, 0.25) is 0 Å². The average molecular weight is 278 g/mol. The van der Waals surface area contributed by atoms with E-state index in [1.165, 1.54) is 12.8 Å². The van der Waals surface area contributed by atoms with Gasteiger partial charge in [0.25, 0.3) is 5.91 Å². The minimum atomic E-state index is 0.0252. The quantitative estimate of drug-likeness (QED) is 0.869. The molecule has 4 nitrogen and oxygen atoms in total. The van der Waals surface area contributed by atoms with E-state index >= 15 is 0 Å². The van der Waals surface area contributed by atoms with Crippen molar-refractivity contribution in [3.05, 3.63) is 23.7 Å². The van der Waals surface area contributed by atoms with Crippen LogP contribution in [0.4, 0.5) is 0 Å². The maximum atomic E-state index is 12.7. The number of amides is 1. The largest absolute Gasteiger partial charge is 0.455 e. The minimum absolute atomic E-state index is 0.0252. The molecule has 0 saturated heterocycles. The molecule has 4 heteroatoms. The molecular formula is C16H26N2O2. The number of nitrogens with two attached hydrogens (primary N) is 1. The zero-order valence-electron chi connectivity index (χ0n) is 12.6. The predicted molar refractivity (Wildman–Crippen MR) is 79.3 cm³/mol. The van der Waals surface area contributed by atoms with Crippen molar-refractivity contribution in [2.75, 3.05) is 6.54 Å². The highest BCUT2D eigenvalue weighted by Gasteiger charge is 2.28. The summed E-state index contributed by atoms with van der Waals surface area (Å²) in [6.07, 6.45) is 5.72. The molecule has 1 aromatic rings. The van der Waals surface area contributed by atoms with Gasteiger partial charge >= 0.3 is 0 Å². The van der Waals surface area contributed by atoms with Crippen LogP contribution in [0.1, 0.15) is 62.3 Å². The summed E-state index contributed by atoms with van der Waals surface area (Å²) in [5.74, 6) is 1.73. The summed E-state index contributed by atoms with van der Waals surface area (Å²) in [6.45, 7) is 5.54. The molecule has 2 rings (SSSR count). The zero-order chi connectivity index (χ0) is 14.5. The predicted octanol–water partition coefficient (Wildman–Crippen LogP) is 3.17. The van der Waals surface area contributed by atoms with E-state index in [2.05, 4.69) is 13.8 Å². The average Bonchev–Trinajstić information content (AvgIpc) is 3.09. The molecule has 1 saturated carbocycles. The first-order chi connectivity index (χ1) is 9.61. The van der Waals surface area contributed by atoms with Crippen molar-refractivity contribution in [3.8, 4) is 0 Å². The summed E-state index contributed by atoms with van der Waals surface area (Å²) in [5, 5.41) is 0. The van der Waals surface area contributed by atoms with E-state index in [0.717, 1.165) is 25.8 Å². The van der Waals surface area contributed by atoms with Crippen molar-refractivity contribution >= 4 is 5.91 Å². The maximum Gasteiger partial charge on any atom is 0.289 e. The Labute approximate surface area is 121 Å². The molecule has 112 valence electrons. The smallest absolute Gasteiger partial charge is 0.289 e. The molecule has 2 N–H and O–H groups in total. The topological polar surface area (TPSA) is 59.5 Å². The molecule has 0 unspecified atom stereocenters. The van der Waals surface area contributed by atoms with Gasteiger partial charge in [0.15, 0.2) is 5.76 Å². The van der Waals surface area contributed by atoms with E-state index < -0.39 is 0 Å². The molecule has 20 heavy (non-hydrogen) atoms. The number of rotatable bonds is 6.